The molecule has 0 saturated carbocycles. The number of benzene rings is 1. The zero-order valence-electron chi connectivity index (χ0n) is 9.69. The van der Waals surface area contributed by atoms with E-state index >= 15 is 0 Å². The van der Waals surface area contributed by atoms with E-state index in [0.717, 1.165) is 12.0 Å². The molecule has 1 aromatic rings. The van der Waals surface area contributed by atoms with Crippen molar-refractivity contribution in [2.24, 2.45) is 0 Å². The van der Waals surface area contributed by atoms with E-state index in [-0.39, 0.29) is 17.9 Å². The Morgan fingerprint density at radius 3 is 2.78 bits per heavy atom. The minimum atomic E-state index is -1.26. The molecule has 1 unspecified atom stereocenters. The van der Waals surface area contributed by atoms with E-state index in [1.807, 2.05) is 42.5 Å². The number of carbonyl (C=O) groups excluding carboxylic acids is 1. The van der Waals surface area contributed by atoms with Crippen molar-refractivity contribution in [1.82, 2.24) is 4.31 Å². The number of carbonyl (C=O) groups is 1. The van der Waals surface area contributed by atoms with Gasteiger partial charge in [-0.2, -0.15) is 0 Å². The number of ether oxygens (including phenoxy) is 1. The van der Waals surface area contributed by atoms with Crippen molar-refractivity contribution in [3.05, 3.63) is 48.0 Å². The highest BCUT2D eigenvalue weighted by molar-refractivity contribution is 7.84. The van der Waals surface area contributed by atoms with E-state index in [4.69, 9.17) is 4.74 Å². The summed E-state index contributed by atoms with van der Waals surface area (Å²) in [6, 6.07) is 9.41. The summed E-state index contributed by atoms with van der Waals surface area (Å²) in [6.07, 6.45) is 4.11. The van der Waals surface area contributed by atoms with Crippen molar-refractivity contribution < 1.29 is 13.7 Å². The molecule has 0 aromatic heterocycles. The van der Waals surface area contributed by atoms with Crippen molar-refractivity contribution in [3.8, 4) is 0 Å². The molecule has 3 atom stereocenters. The van der Waals surface area contributed by atoms with Gasteiger partial charge in [-0.25, -0.2) is 13.3 Å². The zero-order valence-corrected chi connectivity index (χ0v) is 10.5. The predicted octanol–water partition coefficient (Wildman–Crippen LogP) is 2.00. The summed E-state index contributed by atoms with van der Waals surface area (Å²) in [5.74, 6) is 0. The predicted molar refractivity (Wildman–Crippen MR) is 67.9 cm³/mol. The fourth-order valence-corrected chi connectivity index (χ4v) is 3.74. The van der Waals surface area contributed by atoms with Gasteiger partial charge in [0.05, 0.1) is 11.3 Å². The Bertz CT molecular complexity index is 514. The van der Waals surface area contributed by atoms with Gasteiger partial charge in [-0.15, -0.1) is 0 Å². The first-order chi connectivity index (χ1) is 8.75. The molecule has 1 aliphatic heterocycles. The summed E-state index contributed by atoms with van der Waals surface area (Å²) in [5.41, 5.74) is 0.927. The molecular formula is C13H13NO3S. The highest BCUT2D eigenvalue weighted by Gasteiger charge is 2.44. The zero-order chi connectivity index (χ0) is 12.5. The number of rotatable bonds is 2. The van der Waals surface area contributed by atoms with Crippen LogP contribution in [0.25, 0.3) is 0 Å². The molecule has 1 amide bonds. The Kier molecular flexibility index (Phi) is 2.91. The molecule has 94 valence electrons. The van der Waals surface area contributed by atoms with Crippen LogP contribution in [0.2, 0.25) is 0 Å². The molecule has 1 heterocycles. The van der Waals surface area contributed by atoms with E-state index in [0.29, 0.717) is 0 Å². The first kappa shape index (κ1) is 11.5. The van der Waals surface area contributed by atoms with Gasteiger partial charge in [0.1, 0.15) is 17.6 Å². The third kappa shape index (κ3) is 1.95. The Balaban J connectivity index is 1.63. The van der Waals surface area contributed by atoms with Gasteiger partial charge in [-0.3, -0.25) is 0 Å². The first-order valence-electron chi connectivity index (χ1n) is 5.84. The number of fused-ring (bicyclic) bond motifs is 2. The van der Waals surface area contributed by atoms with E-state index in [2.05, 4.69) is 0 Å². The molecule has 18 heavy (non-hydrogen) atoms. The maximum atomic E-state index is 11.9. The lowest BCUT2D eigenvalue weighted by atomic mass is 10.2. The van der Waals surface area contributed by atoms with Crippen LogP contribution in [0.3, 0.4) is 0 Å². The van der Waals surface area contributed by atoms with Crippen molar-refractivity contribution >= 4 is 17.1 Å². The highest BCUT2D eigenvalue weighted by atomic mass is 32.2. The third-order valence-corrected chi connectivity index (χ3v) is 4.84. The first-order valence-corrected chi connectivity index (χ1v) is 7.01. The van der Waals surface area contributed by atoms with Crippen LogP contribution in [0.4, 0.5) is 4.79 Å². The summed E-state index contributed by atoms with van der Waals surface area (Å²) < 4.78 is 18.4. The second-order valence-electron chi connectivity index (χ2n) is 4.37. The van der Waals surface area contributed by atoms with Crippen LogP contribution in [0.5, 0.6) is 0 Å². The van der Waals surface area contributed by atoms with Gasteiger partial charge < -0.3 is 4.74 Å². The Hall–Kier alpha value is -1.62. The molecule has 1 aliphatic carbocycles. The summed E-state index contributed by atoms with van der Waals surface area (Å²) >= 11 is 0. The molecular weight excluding hydrogens is 250 g/mol. The minimum absolute atomic E-state index is 0.0146. The molecule has 2 aliphatic rings. The van der Waals surface area contributed by atoms with Crippen LogP contribution >= 0.6 is 0 Å². The molecule has 5 heteroatoms. The van der Waals surface area contributed by atoms with Crippen molar-refractivity contribution in [2.75, 3.05) is 0 Å². The van der Waals surface area contributed by atoms with Crippen LogP contribution in [0, 0.1) is 0 Å². The molecule has 4 nitrogen and oxygen atoms in total. The van der Waals surface area contributed by atoms with Crippen LogP contribution in [0.1, 0.15) is 12.0 Å². The van der Waals surface area contributed by atoms with Gasteiger partial charge in [0.2, 0.25) is 0 Å². The van der Waals surface area contributed by atoms with Gasteiger partial charge in [0.25, 0.3) is 0 Å². The quantitative estimate of drug-likeness (QED) is 0.767. The Morgan fingerprint density at radius 2 is 2.11 bits per heavy atom. The number of amides is 1. The maximum Gasteiger partial charge on any atom is 0.422 e. The van der Waals surface area contributed by atoms with Crippen LogP contribution in [-0.4, -0.2) is 25.9 Å². The molecule has 1 aromatic carbocycles. The average molecular weight is 263 g/mol. The van der Waals surface area contributed by atoms with Crippen LogP contribution in [-0.2, 0) is 22.3 Å². The van der Waals surface area contributed by atoms with Crippen molar-refractivity contribution in [1.29, 1.82) is 0 Å². The molecule has 0 spiro atoms. The van der Waals surface area contributed by atoms with Gasteiger partial charge in [-0.05, 0) is 12.0 Å². The van der Waals surface area contributed by atoms with Crippen molar-refractivity contribution in [2.45, 2.75) is 24.3 Å². The topological polar surface area (TPSA) is 46.6 Å². The van der Waals surface area contributed by atoms with Gasteiger partial charge in [0, 0.05) is 0 Å². The summed E-state index contributed by atoms with van der Waals surface area (Å²) in [4.78, 5) is 11.9. The Labute approximate surface area is 108 Å². The van der Waals surface area contributed by atoms with E-state index in [1.165, 1.54) is 4.31 Å². The standard InChI is InChI=1S/C13H13NO3S/c15-13(17-9-10-4-2-1-3-5-10)14-11-6-7-12(8-11)18(14)16/h1-7,11-12H,8-9H2/t11-,12+,18?/m1/s1. The minimum Gasteiger partial charge on any atom is -0.444 e. The number of nitrogens with zero attached hydrogens (tertiary/aromatic N) is 1. The van der Waals surface area contributed by atoms with E-state index in [9.17, 15) is 9.00 Å². The average Bonchev–Trinajstić information content (AvgIpc) is 2.98. The number of hydrogen-bond acceptors (Lipinski definition) is 3. The third-order valence-electron chi connectivity index (χ3n) is 3.16. The largest absolute Gasteiger partial charge is 0.444 e. The fourth-order valence-electron chi connectivity index (χ4n) is 2.24. The molecule has 0 radical (unpaired) electrons. The lowest BCUT2D eigenvalue weighted by Crippen LogP contribution is -2.37. The van der Waals surface area contributed by atoms with E-state index in [1.54, 1.807) is 0 Å². The lowest BCUT2D eigenvalue weighted by Gasteiger charge is -2.21. The van der Waals surface area contributed by atoms with Crippen LogP contribution < -0.4 is 0 Å². The van der Waals surface area contributed by atoms with Gasteiger partial charge in [-0.1, -0.05) is 42.5 Å². The van der Waals surface area contributed by atoms with Crippen LogP contribution in [0.15, 0.2) is 42.5 Å². The fraction of sp³-hybridized carbons (Fsp3) is 0.308. The maximum absolute atomic E-state index is 11.9. The molecule has 0 N–H and O–H groups in total. The molecule has 2 bridgehead atoms. The molecule has 1 fully saturated rings. The monoisotopic (exact) mass is 263 g/mol. The molecule has 3 rings (SSSR count). The highest BCUT2D eigenvalue weighted by Crippen LogP contribution is 2.32. The lowest BCUT2D eigenvalue weighted by molar-refractivity contribution is 0.117. The molecule has 1 saturated heterocycles. The van der Waals surface area contributed by atoms with Gasteiger partial charge >= 0.3 is 6.09 Å². The summed E-state index contributed by atoms with van der Waals surface area (Å²) in [6.45, 7) is 0.217. The summed E-state index contributed by atoms with van der Waals surface area (Å²) in [7, 11) is -1.26. The van der Waals surface area contributed by atoms with Crippen molar-refractivity contribution in [3.63, 3.8) is 0 Å². The smallest absolute Gasteiger partial charge is 0.422 e. The normalized spacial score (nSPS) is 28.7. The summed E-state index contributed by atoms with van der Waals surface area (Å²) in [5, 5.41) is -0.0146. The Morgan fingerprint density at radius 1 is 1.33 bits per heavy atom. The van der Waals surface area contributed by atoms with Gasteiger partial charge in [0.15, 0.2) is 0 Å². The SMILES string of the molecule is O=C(OCc1ccccc1)N1[C@@H]2C=C[C@@H](C2)S1=O. The second kappa shape index (κ2) is 4.57. The second-order valence-corrected chi connectivity index (χ2v) is 5.92. The number of hydrogen-bond donors (Lipinski definition) is 0. The van der Waals surface area contributed by atoms with E-state index < -0.39 is 17.1 Å².